The molecule has 0 bridgehead atoms. The number of nitrogens with zero attached hydrogens (tertiary/aromatic N) is 1. The third-order valence-electron chi connectivity index (χ3n) is 1.43. The van der Waals surface area contributed by atoms with Crippen LogP contribution in [-0.4, -0.2) is 45.4 Å². The van der Waals surface area contributed by atoms with E-state index in [1.807, 2.05) is 0 Å². The van der Waals surface area contributed by atoms with Gasteiger partial charge < -0.3 is 9.22 Å². The number of terminal acetylenes is 1. The van der Waals surface area contributed by atoms with Crippen LogP contribution in [0.1, 0.15) is 6.42 Å². The number of hydrogen-bond donors (Lipinski definition) is 0. The van der Waals surface area contributed by atoms with Crippen LogP contribution >= 0.6 is 0 Å². The number of likely N-dealkylation sites (N-methyl/N-ethyl adjacent to an activating group) is 1. The molecule has 0 aromatic heterocycles. The van der Waals surface area contributed by atoms with Crippen molar-refractivity contribution in [3.63, 3.8) is 0 Å². The minimum Gasteiger partial charge on any atom is -0.375 e. The van der Waals surface area contributed by atoms with E-state index in [9.17, 15) is 0 Å². The van der Waals surface area contributed by atoms with Crippen LogP contribution in [0.5, 0.6) is 0 Å². The molecule has 0 aliphatic carbocycles. The number of quaternary nitrogens is 1. The van der Waals surface area contributed by atoms with Crippen LogP contribution in [0, 0.1) is 12.3 Å². The second kappa shape index (κ2) is 4.38. The molecule has 0 aliphatic heterocycles. The normalized spacial score (nSPS) is 14.1. The first kappa shape index (κ1) is 10.5. The molecular formula is C9H18NO+. The van der Waals surface area contributed by atoms with E-state index >= 15 is 0 Å². The Kier molecular flexibility index (Phi) is 4.17. The zero-order valence-electron chi connectivity index (χ0n) is 7.92. The molecule has 0 fully saturated rings. The van der Waals surface area contributed by atoms with Crippen molar-refractivity contribution in [2.24, 2.45) is 0 Å². The molecule has 0 saturated heterocycles. The maximum Gasteiger partial charge on any atom is 0.117 e. The summed E-state index contributed by atoms with van der Waals surface area (Å²) >= 11 is 0. The van der Waals surface area contributed by atoms with E-state index in [1.54, 1.807) is 7.11 Å². The molecule has 0 aliphatic rings. The molecule has 1 atom stereocenters. The van der Waals surface area contributed by atoms with Gasteiger partial charge in [0.2, 0.25) is 0 Å². The third kappa shape index (κ3) is 5.90. The molecule has 2 heteroatoms. The second-order valence-electron chi connectivity index (χ2n) is 3.74. The van der Waals surface area contributed by atoms with E-state index in [0.29, 0.717) is 6.42 Å². The molecule has 0 radical (unpaired) electrons. The Morgan fingerprint density at radius 3 is 2.27 bits per heavy atom. The summed E-state index contributed by atoms with van der Waals surface area (Å²) in [5, 5.41) is 0. The Hall–Kier alpha value is -0.520. The standard InChI is InChI=1S/C9H18NO/c1-6-7-9(11-5)8-10(2,3)4/h1,9H,7-8H2,2-5H3/q+1. The first-order valence-electron chi connectivity index (χ1n) is 3.76. The van der Waals surface area contributed by atoms with Crippen molar-refractivity contribution >= 4 is 0 Å². The fourth-order valence-electron chi connectivity index (χ4n) is 0.965. The SMILES string of the molecule is C#CCC(C[N+](C)(C)C)OC. The fraction of sp³-hybridized carbons (Fsp3) is 0.778. The number of methoxy groups -OCH3 is 1. The highest BCUT2D eigenvalue weighted by Crippen LogP contribution is 2.01. The maximum atomic E-state index is 5.21. The van der Waals surface area contributed by atoms with Gasteiger partial charge in [-0.1, -0.05) is 0 Å². The van der Waals surface area contributed by atoms with E-state index in [2.05, 4.69) is 27.1 Å². The van der Waals surface area contributed by atoms with Gasteiger partial charge >= 0.3 is 0 Å². The Morgan fingerprint density at radius 1 is 1.45 bits per heavy atom. The summed E-state index contributed by atoms with van der Waals surface area (Å²) in [6, 6.07) is 0. The summed E-state index contributed by atoms with van der Waals surface area (Å²) in [7, 11) is 8.09. The summed E-state index contributed by atoms with van der Waals surface area (Å²) in [6.07, 6.45) is 6.08. The molecule has 0 N–H and O–H groups in total. The zero-order valence-corrected chi connectivity index (χ0v) is 7.92. The van der Waals surface area contributed by atoms with Gasteiger partial charge in [-0.15, -0.1) is 12.3 Å². The van der Waals surface area contributed by atoms with Gasteiger partial charge in [0, 0.05) is 13.5 Å². The minimum absolute atomic E-state index is 0.194. The third-order valence-corrected chi connectivity index (χ3v) is 1.43. The lowest BCUT2D eigenvalue weighted by Crippen LogP contribution is -2.41. The highest BCUT2D eigenvalue weighted by Gasteiger charge is 2.15. The van der Waals surface area contributed by atoms with Crippen molar-refractivity contribution in [2.45, 2.75) is 12.5 Å². The smallest absolute Gasteiger partial charge is 0.117 e. The molecule has 0 amide bonds. The number of hydrogen-bond acceptors (Lipinski definition) is 1. The molecule has 2 nitrogen and oxygen atoms in total. The lowest BCUT2D eigenvalue weighted by Gasteiger charge is -2.27. The van der Waals surface area contributed by atoms with Gasteiger partial charge in [0.1, 0.15) is 12.6 Å². The Bertz CT molecular complexity index is 141. The predicted molar refractivity (Wildman–Crippen MR) is 47.1 cm³/mol. The van der Waals surface area contributed by atoms with Gasteiger partial charge in [-0.25, -0.2) is 0 Å². The number of ether oxygens (including phenoxy) is 1. The van der Waals surface area contributed by atoms with E-state index < -0.39 is 0 Å². The second-order valence-corrected chi connectivity index (χ2v) is 3.74. The van der Waals surface area contributed by atoms with Crippen molar-refractivity contribution < 1.29 is 9.22 Å². The van der Waals surface area contributed by atoms with Crippen molar-refractivity contribution in [2.75, 3.05) is 34.8 Å². The van der Waals surface area contributed by atoms with E-state index in [-0.39, 0.29) is 6.10 Å². The van der Waals surface area contributed by atoms with Crippen LogP contribution in [0.3, 0.4) is 0 Å². The van der Waals surface area contributed by atoms with Crippen molar-refractivity contribution in [3.05, 3.63) is 0 Å². The quantitative estimate of drug-likeness (QED) is 0.431. The Morgan fingerprint density at radius 2 is 2.00 bits per heavy atom. The van der Waals surface area contributed by atoms with Crippen LogP contribution in [0.15, 0.2) is 0 Å². The number of rotatable bonds is 4. The Labute approximate surface area is 69.7 Å². The molecule has 0 spiro atoms. The molecule has 11 heavy (non-hydrogen) atoms. The van der Waals surface area contributed by atoms with E-state index in [1.165, 1.54) is 0 Å². The van der Waals surface area contributed by atoms with Gasteiger partial charge in [-0.05, 0) is 0 Å². The average molecular weight is 156 g/mol. The van der Waals surface area contributed by atoms with Crippen LogP contribution < -0.4 is 0 Å². The van der Waals surface area contributed by atoms with Gasteiger partial charge in [-0.3, -0.25) is 0 Å². The highest BCUT2D eigenvalue weighted by molar-refractivity contribution is 4.87. The summed E-state index contributed by atoms with van der Waals surface area (Å²) in [6.45, 7) is 0.959. The lowest BCUT2D eigenvalue weighted by atomic mass is 10.2. The average Bonchev–Trinajstić information content (AvgIpc) is 1.84. The van der Waals surface area contributed by atoms with Crippen LogP contribution in [0.4, 0.5) is 0 Å². The summed E-state index contributed by atoms with van der Waals surface area (Å²) < 4.78 is 6.10. The van der Waals surface area contributed by atoms with Crippen LogP contribution in [-0.2, 0) is 4.74 Å². The maximum absolute atomic E-state index is 5.21. The minimum atomic E-state index is 0.194. The molecule has 1 unspecified atom stereocenters. The van der Waals surface area contributed by atoms with Crippen molar-refractivity contribution in [3.8, 4) is 12.3 Å². The Balaban J connectivity index is 3.80. The highest BCUT2D eigenvalue weighted by atomic mass is 16.5. The summed E-state index contributed by atoms with van der Waals surface area (Å²) in [5.41, 5.74) is 0. The van der Waals surface area contributed by atoms with Gasteiger partial charge in [-0.2, -0.15) is 0 Å². The predicted octanol–water partition coefficient (Wildman–Crippen LogP) is 0.731. The molecule has 0 heterocycles. The van der Waals surface area contributed by atoms with Gasteiger partial charge in [0.15, 0.2) is 0 Å². The first-order chi connectivity index (χ1) is 4.99. The first-order valence-corrected chi connectivity index (χ1v) is 3.76. The molecule has 64 valence electrons. The lowest BCUT2D eigenvalue weighted by molar-refractivity contribution is -0.873. The van der Waals surface area contributed by atoms with Gasteiger partial charge in [0.25, 0.3) is 0 Å². The summed E-state index contributed by atoms with van der Waals surface area (Å²) in [5.74, 6) is 2.61. The zero-order chi connectivity index (χ0) is 8.91. The monoisotopic (exact) mass is 156 g/mol. The van der Waals surface area contributed by atoms with E-state index in [4.69, 9.17) is 11.2 Å². The topological polar surface area (TPSA) is 9.23 Å². The molecule has 0 rings (SSSR count). The summed E-state index contributed by atoms with van der Waals surface area (Å²) in [4.78, 5) is 0. The van der Waals surface area contributed by atoms with Crippen molar-refractivity contribution in [1.29, 1.82) is 0 Å². The van der Waals surface area contributed by atoms with Crippen LogP contribution in [0.25, 0.3) is 0 Å². The molecule has 0 saturated carbocycles. The largest absolute Gasteiger partial charge is 0.375 e. The molecule has 0 aromatic carbocycles. The molecular weight excluding hydrogens is 138 g/mol. The van der Waals surface area contributed by atoms with Crippen LogP contribution in [0.2, 0.25) is 0 Å². The van der Waals surface area contributed by atoms with Gasteiger partial charge in [0.05, 0.1) is 21.1 Å². The van der Waals surface area contributed by atoms with E-state index in [0.717, 1.165) is 11.0 Å². The molecule has 0 aromatic rings. The van der Waals surface area contributed by atoms with Crippen molar-refractivity contribution in [1.82, 2.24) is 0 Å². The fourth-order valence-corrected chi connectivity index (χ4v) is 0.965.